The van der Waals surface area contributed by atoms with Gasteiger partial charge in [0.05, 0.1) is 22.1 Å². The van der Waals surface area contributed by atoms with Crippen LogP contribution in [0.5, 0.6) is 0 Å². The maximum absolute atomic E-state index is 2.43. The van der Waals surface area contributed by atoms with E-state index in [2.05, 4.69) is 204 Å². The lowest BCUT2D eigenvalue weighted by Crippen LogP contribution is -1.94. The summed E-state index contributed by atoms with van der Waals surface area (Å²) in [5, 5.41) is 5.02. The number of hydrogen-bond donors (Lipinski definition) is 0. The molecular weight excluding hydrogens is 641 g/mol. The van der Waals surface area contributed by atoms with Gasteiger partial charge in [-0.25, -0.2) is 0 Å². The number of allylic oxidation sites excluding steroid dienone is 1. The molecule has 0 bridgehead atoms. The number of fused-ring (bicyclic) bond motifs is 9. The first kappa shape index (κ1) is 29.8. The van der Waals surface area contributed by atoms with Gasteiger partial charge in [0.2, 0.25) is 0 Å². The van der Waals surface area contributed by atoms with Crippen LogP contribution in [0.3, 0.4) is 0 Å². The normalized spacial score (nSPS) is 13.0. The quantitative estimate of drug-likeness (QED) is 0.176. The van der Waals surface area contributed by atoms with E-state index in [0.29, 0.717) is 0 Å². The number of benzene rings is 8. The van der Waals surface area contributed by atoms with Gasteiger partial charge in [0, 0.05) is 32.9 Å². The van der Waals surface area contributed by atoms with Gasteiger partial charge in [-0.2, -0.15) is 0 Å². The predicted molar refractivity (Wildman–Crippen MR) is 224 cm³/mol. The summed E-state index contributed by atoms with van der Waals surface area (Å²) in [5.41, 5.74) is 18.7. The molecule has 248 valence electrons. The average molecular weight is 675 g/mol. The minimum atomic E-state index is 1.16. The van der Waals surface area contributed by atoms with Crippen molar-refractivity contribution in [2.75, 3.05) is 0 Å². The standard InChI is InChI=1S/C51H34N2/c1-2-38-40-18-9-10-19-41(40)44-22-13-21-39(51(38)44)35-24-27-43-46-31-34(26-29-49(46)53(50(43)32-35)37-16-7-4-8-17-37)33-25-28-48-45(30-33)42-20-11-12-23-47(42)52(48)36-14-5-3-6-15-36/h2-32H,1H3/b38-2-. The number of para-hydroxylation sites is 3. The molecule has 11 rings (SSSR count). The molecule has 10 aromatic rings. The lowest BCUT2D eigenvalue weighted by molar-refractivity contribution is 1.18. The molecule has 53 heavy (non-hydrogen) atoms. The average Bonchev–Trinajstić information content (AvgIpc) is 3.86. The summed E-state index contributed by atoms with van der Waals surface area (Å²) in [6.07, 6.45) is 2.27. The zero-order valence-corrected chi connectivity index (χ0v) is 29.3. The van der Waals surface area contributed by atoms with Crippen LogP contribution in [0.1, 0.15) is 18.1 Å². The lowest BCUT2D eigenvalue weighted by Gasteiger charge is -2.12. The van der Waals surface area contributed by atoms with Gasteiger partial charge in [0.15, 0.2) is 0 Å². The van der Waals surface area contributed by atoms with Crippen LogP contribution in [0.15, 0.2) is 188 Å². The van der Waals surface area contributed by atoms with Gasteiger partial charge in [-0.15, -0.1) is 0 Å². The highest BCUT2D eigenvalue weighted by atomic mass is 15.0. The molecule has 2 heteroatoms. The van der Waals surface area contributed by atoms with Crippen LogP contribution in [0.2, 0.25) is 0 Å². The first-order valence-electron chi connectivity index (χ1n) is 18.4. The van der Waals surface area contributed by atoms with E-state index in [1.807, 2.05) is 0 Å². The molecule has 0 saturated carbocycles. The van der Waals surface area contributed by atoms with Crippen LogP contribution in [-0.2, 0) is 0 Å². The van der Waals surface area contributed by atoms with Gasteiger partial charge in [-0.3, -0.25) is 0 Å². The fourth-order valence-electron chi connectivity index (χ4n) is 8.93. The highest BCUT2D eigenvalue weighted by molar-refractivity contribution is 6.14. The summed E-state index contributed by atoms with van der Waals surface area (Å²) in [5.74, 6) is 0. The van der Waals surface area contributed by atoms with E-state index in [4.69, 9.17) is 0 Å². The van der Waals surface area contributed by atoms with Crippen LogP contribution in [-0.4, -0.2) is 9.13 Å². The van der Waals surface area contributed by atoms with Gasteiger partial charge in [-0.1, -0.05) is 127 Å². The van der Waals surface area contributed by atoms with E-state index in [9.17, 15) is 0 Å². The fourth-order valence-corrected chi connectivity index (χ4v) is 8.93. The van der Waals surface area contributed by atoms with Crippen molar-refractivity contribution in [3.63, 3.8) is 0 Å². The first-order chi connectivity index (χ1) is 26.3. The molecule has 1 aliphatic rings. The van der Waals surface area contributed by atoms with Gasteiger partial charge < -0.3 is 9.13 Å². The highest BCUT2D eigenvalue weighted by Crippen LogP contribution is 2.49. The van der Waals surface area contributed by atoms with E-state index in [0.717, 1.165) is 5.69 Å². The molecule has 0 unspecified atom stereocenters. The van der Waals surface area contributed by atoms with Crippen molar-refractivity contribution in [1.29, 1.82) is 0 Å². The van der Waals surface area contributed by atoms with Crippen molar-refractivity contribution in [1.82, 2.24) is 9.13 Å². The van der Waals surface area contributed by atoms with Crippen LogP contribution in [0.4, 0.5) is 0 Å². The van der Waals surface area contributed by atoms with E-state index in [1.165, 1.54) is 99.4 Å². The molecule has 0 amide bonds. The Hall–Kier alpha value is -6.90. The van der Waals surface area contributed by atoms with Crippen molar-refractivity contribution in [2.45, 2.75) is 6.92 Å². The Morgan fingerprint density at radius 2 is 0.849 bits per heavy atom. The Labute approximate surface area is 308 Å². The Kier molecular flexibility index (Phi) is 6.50. The largest absolute Gasteiger partial charge is 0.309 e. The van der Waals surface area contributed by atoms with E-state index >= 15 is 0 Å². The van der Waals surface area contributed by atoms with E-state index < -0.39 is 0 Å². The van der Waals surface area contributed by atoms with Crippen LogP contribution >= 0.6 is 0 Å². The van der Waals surface area contributed by atoms with Crippen molar-refractivity contribution in [3.05, 3.63) is 199 Å². The molecule has 0 saturated heterocycles. The third-order valence-corrected chi connectivity index (χ3v) is 11.2. The van der Waals surface area contributed by atoms with Crippen molar-refractivity contribution in [3.8, 4) is 44.8 Å². The lowest BCUT2D eigenvalue weighted by atomic mass is 9.92. The third kappa shape index (κ3) is 4.39. The fraction of sp³-hybridized carbons (Fsp3) is 0.0196. The highest BCUT2D eigenvalue weighted by Gasteiger charge is 2.26. The summed E-state index contributed by atoms with van der Waals surface area (Å²) in [4.78, 5) is 0. The second-order valence-corrected chi connectivity index (χ2v) is 14.0. The third-order valence-electron chi connectivity index (χ3n) is 11.2. The summed E-state index contributed by atoms with van der Waals surface area (Å²) >= 11 is 0. The Morgan fingerprint density at radius 3 is 1.53 bits per heavy atom. The molecule has 0 atom stereocenters. The molecule has 0 radical (unpaired) electrons. The Bertz CT molecular complexity index is 3100. The molecular formula is C51H34N2. The van der Waals surface area contributed by atoms with Crippen molar-refractivity contribution < 1.29 is 0 Å². The molecule has 0 aliphatic heterocycles. The van der Waals surface area contributed by atoms with Crippen molar-refractivity contribution >= 4 is 49.2 Å². The van der Waals surface area contributed by atoms with Crippen LogP contribution in [0.25, 0.3) is 93.9 Å². The zero-order chi connectivity index (χ0) is 35.0. The number of nitrogens with zero attached hydrogens (tertiary/aromatic N) is 2. The summed E-state index contributed by atoms with van der Waals surface area (Å²) in [6, 6.07) is 66.7. The molecule has 8 aromatic carbocycles. The summed E-state index contributed by atoms with van der Waals surface area (Å²) < 4.78 is 4.81. The van der Waals surface area contributed by atoms with E-state index in [1.54, 1.807) is 0 Å². The van der Waals surface area contributed by atoms with Crippen molar-refractivity contribution in [2.24, 2.45) is 0 Å². The number of aromatic nitrogens is 2. The molecule has 2 aromatic heterocycles. The Balaban J connectivity index is 1.11. The van der Waals surface area contributed by atoms with E-state index in [-0.39, 0.29) is 0 Å². The topological polar surface area (TPSA) is 9.86 Å². The Morgan fingerprint density at radius 1 is 0.340 bits per heavy atom. The smallest absolute Gasteiger partial charge is 0.0547 e. The van der Waals surface area contributed by atoms with Crippen LogP contribution < -0.4 is 0 Å². The number of hydrogen-bond acceptors (Lipinski definition) is 0. The molecule has 0 fully saturated rings. The summed E-state index contributed by atoms with van der Waals surface area (Å²) in [6.45, 7) is 2.16. The molecule has 2 heterocycles. The van der Waals surface area contributed by atoms with Gasteiger partial charge in [0.25, 0.3) is 0 Å². The van der Waals surface area contributed by atoms with Gasteiger partial charge in [-0.05, 0) is 118 Å². The molecule has 2 nitrogen and oxygen atoms in total. The maximum atomic E-state index is 2.43. The van der Waals surface area contributed by atoms with Gasteiger partial charge in [0.1, 0.15) is 0 Å². The monoisotopic (exact) mass is 674 g/mol. The maximum Gasteiger partial charge on any atom is 0.0547 e. The minimum absolute atomic E-state index is 1.16. The van der Waals surface area contributed by atoms with Gasteiger partial charge >= 0.3 is 0 Å². The predicted octanol–water partition coefficient (Wildman–Crippen LogP) is 13.6. The minimum Gasteiger partial charge on any atom is -0.309 e. The molecule has 0 spiro atoms. The number of rotatable bonds is 4. The second kappa shape index (κ2) is 11.6. The zero-order valence-electron chi connectivity index (χ0n) is 29.3. The second-order valence-electron chi connectivity index (χ2n) is 14.0. The van der Waals surface area contributed by atoms with Crippen LogP contribution in [0, 0.1) is 0 Å². The molecule has 1 aliphatic carbocycles. The summed E-state index contributed by atoms with van der Waals surface area (Å²) in [7, 11) is 0. The molecule has 0 N–H and O–H groups in total. The SMILES string of the molecule is C/C=C1/c2ccccc2-c2cccc(-c3ccc4c5cc(-c6ccc7c(c6)c6ccccc6n7-c6ccccc6)ccc5n(-c5ccccc5)c4c3)c21. The first-order valence-corrected chi connectivity index (χ1v) is 18.4.